The van der Waals surface area contributed by atoms with Crippen LogP contribution in [0.1, 0.15) is 0 Å². The fourth-order valence-electron chi connectivity index (χ4n) is 1.24. The van der Waals surface area contributed by atoms with Crippen LogP contribution < -0.4 is 10.5 Å². The van der Waals surface area contributed by atoms with Crippen LogP contribution in [0, 0.1) is 10.1 Å². The highest BCUT2D eigenvalue weighted by molar-refractivity contribution is 9.10. The van der Waals surface area contributed by atoms with E-state index in [1.165, 1.54) is 24.4 Å². The summed E-state index contributed by atoms with van der Waals surface area (Å²) >= 11 is 3.18. The lowest BCUT2D eigenvalue weighted by atomic mass is 10.3. The lowest BCUT2D eigenvalue weighted by Gasteiger charge is -2.06. The van der Waals surface area contributed by atoms with Crippen molar-refractivity contribution in [3.05, 3.63) is 45.0 Å². The lowest BCUT2D eigenvalue weighted by molar-refractivity contribution is -0.385. The molecule has 0 spiro atoms. The molecule has 0 amide bonds. The summed E-state index contributed by atoms with van der Waals surface area (Å²) in [6, 6.07) is 5.92. The smallest absolute Gasteiger partial charge is 0.324 e. The zero-order valence-electron chi connectivity index (χ0n) is 8.91. The van der Waals surface area contributed by atoms with Crippen LogP contribution in [0.5, 0.6) is 11.8 Å². The van der Waals surface area contributed by atoms with Crippen molar-refractivity contribution in [2.45, 2.75) is 0 Å². The Morgan fingerprint density at radius 2 is 2.17 bits per heavy atom. The summed E-state index contributed by atoms with van der Waals surface area (Å²) in [6.45, 7) is 0. The van der Waals surface area contributed by atoms with E-state index in [0.717, 1.165) is 0 Å². The van der Waals surface area contributed by atoms with E-state index in [-0.39, 0.29) is 23.3 Å². The molecule has 2 N–H and O–H groups in total. The van der Waals surface area contributed by atoms with E-state index >= 15 is 0 Å². The Morgan fingerprint density at radius 3 is 2.83 bits per heavy atom. The number of hydrogen-bond donors (Lipinski definition) is 1. The zero-order valence-corrected chi connectivity index (χ0v) is 10.5. The molecular weight excluding hydrogens is 304 g/mol. The van der Waals surface area contributed by atoms with Gasteiger partial charge in [-0.25, -0.2) is 4.98 Å². The number of rotatable bonds is 3. The van der Waals surface area contributed by atoms with Gasteiger partial charge in [0, 0.05) is 12.3 Å². The number of ether oxygens (including phenoxy) is 1. The number of nitro groups is 1. The molecule has 1 aromatic carbocycles. The molecule has 8 heteroatoms. The number of aromatic nitrogens is 2. The molecule has 0 aliphatic carbocycles. The first-order valence-electron chi connectivity index (χ1n) is 4.77. The molecule has 0 saturated carbocycles. The molecule has 0 fully saturated rings. The highest BCUT2D eigenvalue weighted by atomic mass is 79.9. The second kappa shape index (κ2) is 4.96. The van der Waals surface area contributed by atoms with Crippen LogP contribution >= 0.6 is 15.9 Å². The maximum absolute atomic E-state index is 10.9. The van der Waals surface area contributed by atoms with E-state index in [2.05, 4.69) is 25.9 Å². The van der Waals surface area contributed by atoms with Gasteiger partial charge in [0.2, 0.25) is 5.75 Å². The zero-order chi connectivity index (χ0) is 13.1. The first-order chi connectivity index (χ1) is 8.58. The number of nitrogens with two attached hydrogens (primary N) is 1. The summed E-state index contributed by atoms with van der Waals surface area (Å²) in [5.74, 6) is 0.253. The standard InChI is InChI=1S/C10H7BrN4O3/c11-6-2-1-3-7(15(16)17)9(6)18-10-13-5-4-8(12)14-10/h1-5H,(H2,12,13,14). The quantitative estimate of drug-likeness (QED) is 0.690. The van der Waals surface area contributed by atoms with E-state index in [1.54, 1.807) is 6.07 Å². The van der Waals surface area contributed by atoms with Crippen molar-refractivity contribution in [2.75, 3.05) is 5.73 Å². The molecule has 18 heavy (non-hydrogen) atoms. The topological polar surface area (TPSA) is 104 Å². The molecule has 0 radical (unpaired) electrons. The van der Waals surface area contributed by atoms with Gasteiger partial charge >= 0.3 is 11.7 Å². The highest BCUT2D eigenvalue weighted by Gasteiger charge is 2.19. The largest absolute Gasteiger partial charge is 0.416 e. The Hall–Kier alpha value is -2.22. The van der Waals surface area contributed by atoms with E-state index in [0.29, 0.717) is 4.47 Å². The van der Waals surface area contributed by atoms with Crippen LogP contribution in [0.15, 0.2) is 34.9 Å². The van der Waals surface area contributed by atoms with Gasteiger partial charge in [-0.1, -0.05) is 6.07 Å². The van der Waals surface area contributed by atoms with Crippen molar-refractivity contribution in [3.63, 3.8) is 0 Å². The van der Waals surface area contributed by atoms with Crippen molar-refractivity contribution < 1.29 is 9.66 Å². The van der Waals surface area contributed by atoms with Crippen LogP contribution in [0.3, 0.4) is 0 Å². The van der Waals surface area contributed by atoms with E-state index in [4.69, 9.17) is 10.5 Å². The maximum atomic E-state index is 10.9. The molecule has 0 saturated heterocycles. The van der Waals surface area contributed by atoms with E-state index < -0.39 is 4.92 Å². The summed E-state index contributed by atoms with van der Waals surface area (Å²) in [4.78, 5) is 18.0. The summed E-state index contributed by atoms with van der Waals surface area (Å²) in [5, 5.41) is 10.9. The molecule has 2 aromatic rings. The Morgan fingerprint density at radius 1 is 1.39 bits per heavy atom. The fraction of sp³-hybridized carbons (Fsp3) is 0. The number of nitrogens with zero attached hydrogens (tertiary/aromatic N) is 3. The lowest BCUT2D eigenvalue weighted by Crippen LogP contribution is -1.98. The fourth-order valence-corrected chi connectivity index (χ4v) is 1.67. The highest BCUT2D eigenvalue weighted by Crippen LogP contribution is 2.36. The van der Waals surface area contributed by atoms with Gasteiger partial charge in [-0.05, 0) is 28.1 Å². The second-order valence-electron chi connectivity index (χ2n) is 3.21. The SMILES string of the molecule is Nc1ccnc(Oc2c(Br)cccc2[N+](=O)[O-])n1. The number of benzene rings is 1. The van der Waals surface area contributed by atoms with Gasteiger partial charge in [-0.15, -0.1) is 0 Å². The minimum Gasteiger partial charge on any atom is -0.416 e. The Bertz CT molecular complexity index is 605. The van der Waals surface area contributed by atoms with Gasteiger partial charge in [-0.2, -0.15) is 4.98 Å². The van der Waals surface area contributed by atoms with E-state index in [1.807, 2.05) is 0 Å². The molecular formula is C10H7BrN4O3. The summed E-state index contributed by atoms with van der Waals surface area (Å²) in [7, 11) is 0. The molecule has 2 rings (SSSR count). The number of para-hydroxylation sites is 1. The van der Waals surface area contributed by atoms with Crippen LogP contribution in [0.4, 0.5) is 11.5 Å². The maximum Gasteiger partial charge on any atom is 0.324 e. The van der Waals surface area contributed by atoms with Gasteiger partial charge in [-0.3, -0.25) is 10.1 Å². The average Bonchev–Trinajstić information content (AvgIpc) is 2.31. The van der Waals surface area contributed by atoms with Crippen molar-refractivity contribution in [1.29, 1.82) is 0 Å². The Balaban J connectivity index is 2.42. The van der Waals surface area contributed by atoms with Gasteiger partial charge < -0.3 is 10.5 Å². The van der Waals surface area contributed by atoms with Gasteiger partial charge in [0.25, 0.3) is 0 Å². The summed E-state index contributed by atoms with van der Waals surface area (Å²) in [6.07, 6.45) is 1.40. The Labute approximate surface area is 110 Å². The third-order valence-corrected chi connectivity index (χ3v) is 2.62. The van der Waals surface area contributed by atoms with E-state index in [9.17, 15) is 10.1 Å². The monoisotopic (exact) mass is 310 g/mol. The number of halogens is 1. The van der Waals surface area contributed by atoms with Gasteiger partial charge in [0.05, 0.1) is 9.40 Å². The molecule has 1 aromatic heterocycles. The molecule has 0 unspecified atom stereocenters. The first-order valence-corrected chi connectivity index (χ1v) is 5.56. The van der Waals surface area contributed by atoms with Gasteiger partial charge in [0.15, 0.2) is 0 Å². The molecule has 0 bridgehead atoms. The molecule has 0 aliphatic heterocycles. The van der Waals surface area contributed by atoms with Crippen LogP contribution in [0.25, 0.3) is 0 Å². The Kier molecular flexibility index (Phi) is 3.38. The predicted octanol–water partition coefficient (Wildman–Crippen LogP) is 2.52. The molecule has 0 atom stereocenters. The van der Waals surface area contributed by atoms with Gasteiger partial charge in [0.1, 0.15) is 5.82 Å². The van der Waals surface area contributed by atoms with Crippen molar-refractivity contribution in [1.82, 2.24) is 9.97 Å². The number of hydrogen-bond acceptors (Lipinski definition) is 6. The number of anilines is 1. The molecule has 7 nitrogen and oxygen atoms in total. The molecule has 92 valence electrons. The van der Waals surface area contributed by atoms with Crippen LogP contribution in [-0.4, -0.2) is 14.9 Å². The van der Waals surface area contributed by atoms with Crippen LogP contribution in [-0.2, 0) is 0 Å². The predicted molar refractivity (Wildman–Crippen MR) is 67.3 cm³/mol. The first kappa shape index (κ1) is 12.2. The number of nitrogen functional groups attached to an aromatic ring is 1. The second-order valence-corrected chi connectivity index (χ2v) is 4.07. The third kappa shape index (κ3) is 2.54. The van der Waals surface area contributed by atoms with Crippen molar-refractivity contribution in [2.24, 2.45) is 0 Å². The summed E-state index contributed by atoms with van der Waals surface area (Å²) < 4.78 is 5.72. The minimum atomic E-state index is -0.549. The molecule has 0 aliphatic rings. The average molecular weight is 311 g/mol. The number of nitro benzene ring substituents is 1. The molecule has 1 heterocycles. The summed E-state index contributed by atoms with van der Waals surface area (Å²) in [5.41, 5.74) is 5.29. The van der Waals surface area contributed by atoms with Crippen molar-refractivity contribution in [3.8, 4) is 11.8 Å². The van der Waals surface area contributed by atoms with Crippen LogP contribution in [0.2, 0.25) is 0 Å². The van der Waals surface area contributed by atoms with Crippen molar-refractivity contribution >= 4 is 27.4 Å². The normalized spacial score (nSPS) is 10.1. The minimum absolute atomic E-state index is 0.0353. The third-order valence-electron chi connectivity index (χ3n) is 1.99.